The zero-order valence-electron chi connectivity index (χ0n) is 12.6. The third-order valence-electron chi connectivity index (χ3n) is 4.00. The summed E-state index contributed by atoms with van der Waals surface area (Å²) in [6.45, 7) is 7.74. The lowest BCUT2D eigenvalue weighted by atomic mass is 9.79. The summed E-state index contributed by atoms with van der Waals surface area (Å²) in [5.74, 6) is -0.542. The van der Waals surface area contributed by atoms with Crippen molar-refractivity contribution in [3.63, 3.8) is 0 Å². The first-order chi connectivity index (χ1) is 9.59. The van der Waals surface area contributed by atoms with Crippen LogP contribution in [0.4, 0.5) is 0 Å². The average Bonchev–Trinajstić information content (AvgIpc) is 2.59. The smallest absolute Gasteiger partial charge is 0.399 e. The predicted molar refractivity (Wildman–Crippen MR) is 79.8 cm³/mol. The van der Waals surface area contributed by atoms with Gasteiger partial charge in [0.1, 0.15) is 5.75 Å². The summed E-state index contributed by atoms with van der Waals surface area (Å²) in [5.41, 5.74) is -0.342. The van der Waals surface area contributed by atoms with Crippen LogP contribution in [0.1, 0.15) is 27.7 Å². The van der Waals surface area contributed by atoms with Crippen LogP contribution in [-0.2, 0) is 19.1 Å². The zero-order chi connectivity index (χ0) is 15.9. The number of nitriles is 1. The molecule has 0 amide bonds. The van der Waals surface area contributed by atoms with E-state index in [1.54, 1.807) is 18.2 Å². The molecular formula is C14H18BNO4S. The van der Waals surface area contributed by atoms with Gasteiger partial charge in [-0.05, 0) is 45.3 Å². The van der Waals surface area contributed by atoms with E-state index in [0.29, 0.717) is 5.46 Å². The predicted octanol–water partition coefficient (Wildman–Crippen LogP) is 1.28. The molecule has 1 saturated heterocycles. The van der Waals surface area contributed by atoms with Gasteiger partial charge in [-0.15, -0.1) is 0 Å². The maximum Gasteiger partial charge on any atom is 0.494 e. The lowest BCUT2D eigenvalue weighted by Gasteiger charge is -2.32. The fourth-order valence-corrected chi connectivity index (χ4v) is 2.94. The van der Waals surface area contributed by atoms with Crippen molar-refractivity contribution in [1.82, 2.24) is 0 Å². The van der Waals surface area contributed by atoms with Crippen molar-refractivity contribution in [2.45, 2.75) is 43.8 Å². The fourth-order valence-electron chi connectivity index (χ4n) is 2.00. The van der Waals surface area contributed by atoms with Gasteiger partial charge in [0.05, 0.1) is 22.2 Å². The molecule has 1 aliphatic heterocycles. The minimum atomic E-state index is -3.59. The molecule has 0 N–H and O–H groups in total. The maximum atomic E-state index is 11.9. The number of hydrogen-bond acceptors (Lipinski definition) is 5. The van der Waals surface area contributed by atoms with Crippen molar-refractivity contribution in [2.75, 3.05) is 5.75 Å². The Hall–Kier alpha value is -1.36. The highest BCUT2D eigenvalue weighted by Gasteiger charge is 2.51. The van der Waals surface area contributed by atoms with E-state index in [-0.39, 0.29) is 4.90 Å². The van der Waals surface area contributed by atoms with Crippen LogP contribution in [0.5, 0.6) is 0 Å². The first kappa shape index (κ1) is 16.0. The molecular weight excluding hydrogens is 289 g/mol. The molecule has 0 aliphatic carbocycles. The molecule has 0 saturated carbocycles. The van der Waals surface area contributed by atoms with Crippen LogP contribution in [0.15, 0.2) is 29.2 Å². The summed E-state index contributed by atoms with van der Waals surface area (Å²) >= 11 is 0. The summed E-state index contributed by atoms with van der Waals surface area (Å²) in [4.78, 5) is 0.108. The number of hydrogen-bond donors (Lipinski definition) is 0. The molecule has 0 bridgehead atoms. The fraction of sp³-hybridized carbons (Fsp3) is 0.500. The van der Waals surface area contributed by atoms with Gasteiger partial charge in [-0.3, -0.25) is 0 Å². The first-order valence-corrected chi connectivity index (χ1v) is 8.30. The number of rotatable bonds is 3. The molecule has 1 aromatic rings. The van der Waals surface area contributed by atoms with Crippen LogP contribution in [0, 0.1) is 11.3 Å². The molecule has 0 spiro atoms. The Bertz CT molecular complexity index is 675. The van der Waals surface area contributed by atoms with E-state index in [4.69, 9.17) is 14.6 Å². The molecule has 5 nitrogen and oxygen atoms in total. The molecule has 0 radical (unpaired) electrons. The molecule has 1 aromatic carbocycles. The topological polar surface area (TPSA) is 76.4 Å². The highest BCUT2D eigenvalue weighted by Crippen LogP contribution is 2.36. The molecule has 0 unspecified atom stereocenters. The summed E-state index contributed by atoms with van der Waals surface area (Å²) in [7, 11) is -4.21. The Morgan fingerprint density at radius 3 is 2.29 bits per heavy atom. The van der Waals surface area contributed by atoms with Gasteiger partial charge in [0.2, 0.25) is 0 Å². The van der Waals surface area contributed by atoms with E-state index < -0.39 is 33.9 Å². The first-order valence-electron chi connectivity index (χ1n) is 6.64. The molecule has 1 heterocycles. The van der Waals surface area contributed by atoms with Crippen LogP contribution < -0.4 is 5.46 Å². The Morgan fingerprint density at radius 2 is 1.76 bits per heavy atom. The Balaban J connectivity index is 2.35. The molecule has 0 aromatic heterocycles. The maximum absolute atomic E-state index is 11.9. The SMILES string of the molecule is CC1(C)OB(c2cccc(S(=O)(=O)CC#N)c2)OC1(C)C. The largest absolute Gasteiger partial charge is 0.494 e. The van der Waals surface area contributed by atoms with Crippen molar-refractivity contribution < 1.29 is 17.7 Å². The Kier molecular flexibility index (Phi) is 3.91. The van der Waals surface area contributed by atoms with Crippen LogP contribution in [-0.4, -0.2) is 32.5 Å². The highest BCUT2D eigenvalue weighted by atomic mass is 32.2. The third-order valence-corrected chi connectivity index (χ3v) is 5.48. The number of nitrogens with zero attached hydrogens (tertiary/aromatic N) is 1. The van der Waals surface area contributed by atoms with Crippen molar-refractivity contribution in [1.29, 1.82) is 5.26 Å². The van der Waals surface area contributed by atoms with Gasteiger partial charge in [0.25, 0.3) is 0 Å². The van der Waals surface area contributed by atoms with Crippen molar-refractivity contribution in [3.8, 4) is 6.07 Å². The van der Waals surface area contributed by atoms with Gasteiger partial charge in [0.15, 0.2) is 9.84 Å². The second-order valence-corrected chi connectivity index (χ2v) is 8.07. The third kappa shape index (κ3) is 2.98. The van der Waals surface area contributed by atoms with Gasteiger partial charge in [-0.25, -0.2) is 8.42 Å². The van der Waals surface area contributed by atoms with Crippen molar-refractivity contribution in [2.24, 2.45) is 0 Å². The standard InChI is InChI=1S/C14H18BNO4S/c1-13(2)14(3,4)20-15(19-13)11-6-5-7-12(10-11)21(17,18)9-8-16/h5-7,10H,9H2,1-4H3. The van der Waals surface area contributed by atoms with Gasteiger partial charge in [0, 0.05) is 0 Å². The highest BCUT2D eigenvalue weighted by molar-refractivity contribution is 7.91. The van der Waals surface area contributed by atoms with Crippen molar-refractivity contribution in [3.05, 3.63) is 24.3 Å². The molecule has 7 heteroatoms. The van der Waals surface area contributed by atoms with Crippen LogP contribution >= 0.6 is 0 Å². The second kappa shape index (κ2) is 5.13. The van der Waals surface area contributed by atoms with Crippen LogP contribution in [0.3, 0.4) is 0 Å². The molecule has 1 fully saturated rings. The Labute approximate surface area is 125 Å². The lowest BCUT2D eigenvalue weighted by molar-refractivity contribution is 0.00578. The summed E-state index contributed by atoms with van der Waals surface area (Å²) in [6.07, 6.45) is 0. The van der Waals surface area contributed by atoms with E-state index in [1.165, 1.54) is 12.1 Å². The monoisotopic (exact) mass is 307 g/mol. The normalized spacial score (nSPS) is 20.2. The summed E-state index contributed by atoms with van der Waals surface area (Å²) < 4.78 is 35.7. The van der Waals surface area contributed by atoms with E-state index in [0.717, 1.165) is 0 Å². The van der Waals surface area contributed by atoms with Gasteiger partial charge in [-0.2, -0.15) is 5.26 Å². The van der Waals surface area contributed by atoms with Crippen molar-refractivity contribution >= 4 is 22.4 Å². The van der Waals surface area contributed by atoms with Gasteiger partial charge in [-0.1, -0.05) is 12.1 Å². The minimum Gasteiger partial charge on any atom is -0.399 e. The quantitative estimate of drug-likeness (QED) is 0.786. The molecule has 0 atom stereocenters. The Morgan fingerprint density at radius 1 is 1.19 bits per heavy atom. The molecule has 1 aliphatic rings. The minimum absolute atomic E-state index is 0.108. The zero-order valence-corrected chi connectivity index (χ0v) is 13.4. The van der Waals surface area contributed by atoms with Gasteiger partial charge >= 0.3 is 7.12 Å². The summed E-state index contributed by atoms with van der Waals surface area (Å²) in [5, 5.41) is 8.60. The molecule has 2 rings (SSSR count). The van der Waals surface area contributed by atoms with Crippen LogP contribution in [0.2, 0.25) is 0 Å². The average molecular weight is 307 g/mol. The van der Waals surface area contributed by atoms with E-state index in [2.05, 4.69) is 0 Å². The number of benzene rings is 1. The molecule has 21 heavy (non-hydrogen) atoms. The second-order valence-electron chi connectivity index (χ2n) is 6.08. The molecule has 112 valence electrons. The van der Waals surface area contributed by atoms with Gasteiger partial charge < -0.3 is 9.31 Å². The van der Waals surface area contributed by atoms with E-state index in [1.807, 2.05) is 27.7 Å². The van der Waals surface area contributed by atoms with E-state index in [9.17, 15) is 8.42 Å². The van der Waals surface area contributed by atoms with E-state index >= 15 is 0 Å². The lowest BCUT2D eigenvalue weighted by Crippen LogP contribution is -2.41. The number of sulfone groups is 1. The van der Waals surface area contributed by atoms with Crippen LogP contribution in [0.25, 0.3) is 0 Å². The summed E-state index contributed by atoms with van der Waals surface area (Å²) in [6, 6.07) is 8.04.